The molecule has 3 rings (SSSR count). The van der Waals surface area contributed by atoms with Gasteiger partial charge in [-0.1, -0.05) is 35.9 Å². The average Bonchev–Trinajstić information content (AvgIpc) is 2.71. The quantitative estimate of drug-likeness (QED) is 0.731. The minimum Gasteiger partial charge on any atom is -0.462 e. The van der Waals surface area contributed by atoms with E-state index in [1.54, 1.807) is 31.2 Å². The number of ether oxygens (including phenoxy) is 1. The molecule has 1 aliphatic heterocycles. The van der Waals surface area contributed by atoms with Crippen LogP contribution in [-0.4, -0.2) is 36.5 Å². The number of para-hydroxylation sites is 1. The van der Waals surface area contributed by atoms with Crippen LogP contribution < -0.4 is 5.32 Å². The molecular weight excluding hydrogens is 376 g/mol. The van der Waals surface area contributed by atoms with Crippen molar-refractivity contribution in [2.75, 3.05) is 25.0 Å². The summed E-state index contributed by atoms with van der Waals surface area (Å²) < 4.78 is 5.07. The summed E-state index contributed by atoms with van der Waals surface area (Å²) in [6.07, 6.45) is 1.59. The number of carbonyl (C=O) groups is 2. The van der Waals surface area contributed by atoms with Gasteiger partial charge in [-0.25, -0.2) is 4.79 Å². The van der Waals surface area contributed by atoms with Gasteiger partial charge < -0.3 is 10.1 Å². The molecule has 28 heavy (non-hydrogen) atoms. The number of nitrogens with zero attached hydrogens (tertiary/aromatic N) is 1. The maximum atomic E-state index is 12.7. The van der Waals surface area contributed by atoms with Crippen molar-refractivity contribution in [2.45, 2.75) is 26.3 Å². The molecule has 2 aromatic carbocycles. The van der Waals surface area contributed by atoms with Gasteiger partial charge in [-0.3, -0.25) is 9.69 Å². The van der Waals surface area contributed by atoms with Crippen LogP contribution in [0, 0.1) is 5.92 Å². The number of amides is 1. The molecule has 0 spiro atoms. The van der Waals surface area contributed by atoms with Crippen LogP contribution in [0.4, 0.5) is 5.69 Å². The molecular formula is C22H25ClN2O3. The Labute approximate surface area is 170 Å². The van der Waals surface area contributed by atoms with Gasteiger partial charge in [-0.2, -0.15) is 0 Å². The average molecular weight is 401 g/mol. The summed E-state index contributed by atoms with van der Waals surface area (Å²) >= 11 is 5.94. The number of piperidine rings is 1. The first-order valence-corrected chi connectivity index (χ1v) is 9.98. The summed E-state index contributed by atoms with van der Waals surface area (Å²) in [5, 5.41) is 3.66. The largest absolute Gasteiger partial charge is 0.462 e. The lowest BCUT2D eigenvalue weighted by atomic mass is 9.95. The zero-order valence-electron chi connectivity index (χ0n) is 16.0. The molecule has 0 aliphatic carbocycles. The van der Waals surface area contributed by atoms with Crippen LogP contribution >= 0.6 is 11.6 Å². The van der Waals surface area contributed by atoms with E-state index in [0.29, 0.717) is 17.9 Å². The summed E-state index contributed by atoms with van der Waals surface area (Å²) in [7, 11) is 0. The lowest BCUT2D eigenvalue weighted by Crippen LogP contribution is -2.37. The SMILES string of the molecule is CCOC(=O)c1ccccc1NC(=O)C1CCN(Cc2ccc(Cl)cc2)CC1. The lowest BCUT2D eigenvalue weighted by molar-refractivity contribution is -0.121. The van der Waals surface area contributed by atoms with Crippen molar-refractivity contribution in [3.8, 4) is 0 Å². The molecule has 1 fully saturated rings. The van der Waals surface area contributed by atoms with Gasteiger partial charge in [-0.15, -0.1) is 0 Å². The molecule has 0 atom stereocenters. The number of hydrogen-bond acceptors (Lipinski definition) is 4. The molecule has 0 aromatic heterocycles. The molecule has 0 unspecified atom stereocenters. The smallest absolute Gasteiger partial charge is 0.340 e. The van der Waals surface area contributed by atoms with E-state index in [9.17, 15) is 9.59 Å². The fraction of sp³-hybridized carbons (Fsp3) is 0.364. The van der Waals surface area contributed by atoms with E-state index in [-0.39, 0.29) is 11.8 Å². The fourth-order valence-electron chi connectivity index (χ4n) is 3.42. The van der Waals surface area contributed by atoms with Gasteiger partial charge in [0.1, 0.15) is 0 Å². The predicted molar refractivity (Wildman–Crippen MR) is 110 cm³/mol. The second-order valence-electron chi connectivity index (χ2n) is 6.93. The second-order valence-corrected chi connectivity index (χ2v) is 7.37. The van der Waals surface area contributed by atoms with E-state index < -0.39 is 5.97 Å². The third-order valence-electron chi connectivity index (χ3n) is 4.96. The van der Waals surface area contributed by atoms with Crippen LogP contribution in [0.25, 0.3) is 0 Å². The molecule has 1 aliphatic rings. The number of likely N-dealkylation sites (tertiary alicyclic amines) is 1. The summed E-state index contributed by atoms with van der Waals surface area (Å²) in [4.78, 5) is 27.1. The number of hydrogen-bond donors (Lipinski definition) is 1. The summed E-state index contributed by atoms with van der Waals surface area (Å²) in [5.74, 6) is -0.518. The van der Waals surface area contributed by atoms with Crippen LogP contribution in [0.2, 0.25) is 5.02 Å². The Morgan fingerprint density at radius 1 is 1.11 bits per heavy atom. The van der Waals surface area contributed by atoms with Gasteiger partial charge in [0.05, 0.1) is 17.9 Å². The molecule has 1 amide bonds. The van der Waals surface area contributed by atoms with Gasteiger partial charge in [0.15, 0.2) is 0 Å². The Bertz CT molecular complexity index is 815. The molecule has 6 heteroatoms. The molecule has 148 valence electrons. The van der Waals surface area contributed by atoms with Crippen molar-refractivity contribution < 1.29 is 14.3 Å². The predicted octanol–water partition coefficient (Wildman–Crippen LogP) is 4.37. The first-order chi connectivity index (χ1) is 13.6. The molecule has 5 nitrogen and oxygen atoms in total. The lowest BCUT2D eigenvalue weighted by Gasteiger charge is -2.31. The number of esters is 1. The van der Waals surface area contributed by atoms with Gasteiger partial charge >= 0.3 is 5.97 Å². The van der Waals surface area contributed by atoms with E-state index in [1.807, 2.05) is 24.3 Å². The summed E-state index contributed by atoms with van der Waals surface area (Å²) in [5.41, 5.74) is 2.11. The first kappa shape index (κ1) is 20.4. The number of benzene rings is 2. The Balaban J connectivity index is 1.54. The number of carbonyl (C=O) groups excluding carboxylic acids is 2. The molecule has 0 bridgehead atoms. The molecule has 1 N–H and O–H groups in total. The molecule has 0 radical (unpaired) electrons. The van der Waals surface area contributed by atoms with Gasteiger partial charge in [0.2, 0.25) is 5.91 Å². The highest BCUT2D eigenvalue weighted by Gasteiger charge is 2.26. The van der Waals surface area contributed by atoms with E-state index in [1.165, 1.54) is 5.56 Å². The van der Waals surface area contributed by atoms with Crippen LogP contribution in [0.3, 0.4) is 0 Å². The van der Waals surface area contributed by atoms with Crippen molar-refractivity contribution >= 4 is 29.2 Å². The Hall–Kier alpha value is -2.37. The fourth-order valence-corrected chi connectivity index (χ4v) is 3.54. The number of halogens is 1. The number of anilines is 1. The number of nitrogens with one attached hydrogen (secondary N) is 1. The third kappa shape index (κ3) is 5.33. The standard InChI is InChI=1S/C22H25ClN2O3/c1-2-28-22(27)19-5-3-4-6-20(19)24-21(26)17-11-13-25(14-12-17)15-16-7-9-18(23)10-8-16/h3-10,17H,2,11-15H2,1H3,(H,24,26). The highest BCUT2D eigenvalue weighted by molar-refractivity contribution is 6.30. The molecule has 1 heterocycles. The highest BCUT2D eigenvalue weighted by atomic mass is 35.5. The van der Waals surface area contributed by atoms with Crippen LogP contribution in [0.1, 0.15) is 35.7 Å². The van der Waals surface area contributed by atoms with Crippen molar-refractivity contribution in [1.29, 1.82) is 0 Å². The Morgan fingerprint density at radius 2 is 1.79 bits per heavy atom. The molecule has 2 aromatic rings. The topological polar surface area (TPSA) is 58.6 Å². The maximum Gasteiger partial charge on any atom is 0.340 e. The van der Waals surface area contributed by atoms with Crippen LogP contribution in [0.5, 0.6) is 0 Å². The minimum atomic E-state index is -0.420. The minimum absolute atomic E-state index is 0.0390. The van der Waals surface area contributed by atoms with E-state index in [0.717, 1.165) is 37.5 Å². The molecule has 0 saturated carbocycles. The van der Waals surface area contributed by atoms with Crippen molar-refractivity contribution in [3.05, 3.63) is 64.7 Å². The van der Waals surface area contributed by atoms with Crippen LogP contribution in [-0.2, 0) is 16.1 Å². The Kier molecular flexibility index (Phi) is 7.06. The van der Waals surface area contributed by atoms with Crippen molar-refractivity contribution in [2.24, 2.45) is 5.92 Å². The van der Waals surface area contributed by atoms with Crippen molar-refractivity contribution in [1.82, 2.24) is 4.90 Å². The van der Waals surface area contributed by atoms with Gasteiger partial charge in [0.25, 0.3) is 0 Å². The number of rotatable bonds is 6. The summed E-state index contributed by atoms with van der Waals surface area (Å²) in [6, 6.07) is 14.8. The maximum absolute atomic E-state index is 12.7. The highest BCUT2D eigenvalue weighted by Crippen LogP contribution is 2.23. The van der Waals surface area contributed by atoms with E-state index in [4.69, 9.17) is 16.3 Å². The monoisotopic (exact) mass is 400 g/mol. The Morgan fingerprint density at radius 3 is 2.46 bits per heavy atom. The zero-order valence-corrected chi connectivity index (χ0v) is 16.7. The van der Waals surface area contributed by atoms with E-state index in [2.05, 4.69) is 10.2 Å². The van der Waals surface area contributed by atoms with E-state index >= 15 is 0 Å². The van der Waals surface area contributed by atoms with Crippen LogP contribution in [0.15, 0.2) is 48.5 Å². The third-order valence-corrected chi connectivity index (χ3v) is 5.21. The summed E-state index contributed by atoms with van der Waals surface area (Å²) in [6.45, 7) is 4.64. The normalized spacial score (nSPS) is 15.2. The second kappa shape index (κ2) is 9.71. The zero-order chi connectivity index (χ0) is 19.9. The van der Waals surface area contributed by atoms with Crippen molar-refractivity contribution in [3.63, 3.8) is 0 Å². The first-order valence-electron chi connectivity index (χ1n) is 9.60. The van der Waals surface area contributed by atoms with Gasteiger partial charge in [-0.05, 0) is 62.7 Å². The molecule has 1 saturated heterocycles. The van der Waals surface area contributed by atoms with Gasteiger partial charge in [0, 0.05) is 17.5 Å².